The summed E-state index contributed by atoms with van der Waals surface area (Å²) < 4.78 is 0. The first-order valence-corrected chi connectivity index (χ1v) is 5.67. The topological polar surface area (TPSA) is 42.1 Å². The largest absolute Gasteiger partial charge is 0.356 e. The summed E-state index contributed by atoms with van der Waals surface area (Å²) in [5.74, 6) is 1.87. The maximum absolute atomic E-state index is 5.58. The molecule has 1 aliphatic rings. The van der Waals surface area contributed by atoms with Crippen LogP contribution in [0.4, 0.5) is 5.82 Å². The third-order valence-electron chi connectivity index (χ3n) is 3.08. The minimum atomic E-state index is 0.762. The second kappa shape index (κ2) is 4.62. The van der Waals surface area contributed by atoms with Gasteiger partial charge in [0.25, 0.3) is 0 Å². The van der Waals surface area contributed by atoms with Gasteiger partial charge in [-0.3, -0.25) is 0 Å². The standard InChI is InChI=1S/C12H19N3/c1-10-2-3-12(14-8-10)15-7-5-11(9-15)4-6-13/h2-3,8,11H,4-7,9,13H2,1H3. The quantitative estimate of drug-likeness (QED) is 0.814. The molecule has 2 N–H and O–H groups in total. The summed E-state index contributed by atoms with van der Waals surface area (Å²) in [7, 11) is 0. The number of nitrogens with zero attached hydrogens (tertiary/aromatic N) is 2. The second-order valence-electron chi connectivity index (χ2n) is 4.37. The van der Waals surface area contributed by atoms with Gasteiger partial charge < -0.3 is 10.6 Å². The summed E-state index contributed by atoms with van der Waals surface area (Å²) in [6.45, 7) is 5.12. The van der Waals surface area contributed by atoms with Gasteiger partial charge in [0.1, 0.15) is 5.82 Å². The van der Waals surface area contributed by atoms with Crippen molar-refractivity contribution in [1.82, 2.24) is 4.98 Å². The van der Waals surface area contributed by atoms with Crippen molar-refractivity contribution in [2.45, 2.75) is 19.8 Å². The Hall–Kier alpha value is -1.09. The lowest BCUT2D eigenvalue weighted by Gasteiger charge is -2.17. The normalized spacial score (nSPS) is 20.9. The lowest BCUT2D eigenvalue weighted by molar-refractivity contribution is 0.546. The second-order valence-corrected chi connectivity index (χ2v) is 4.37. The fourth-order valence-corrected chi connectivity index (χ4v) is 2.16. The highest BCUT2D eigenvalue weighted by Crippen LogP contribution is 2.23. The van der Waals surface area contributed by atoms with Crippen LogP contribution >= 0.6 is 0 Å². The SMILES string of the molecule is Cc1ccc(N2CCC(CCN)C2)nc1. The van der Waals surface area contributed by atoms with Gasteiger partial charge in [0.05, 0.1) is 0 Å². The van der Waals surface area contributed by atoms with Gasteiger partial charge in [-0.1, -0.05) is 6.07 Å². The molecular formula is C12H19N3. The maximum atomic E-state index is 5.58. The average Bonchev–Trinajstić information content (AvgIpc) is 2.68. The van der Waals surface area contributed by atoms with Gasteiger partial charge in [-0.25, -0.2) is 4.98 Å². The van der Waals surface area contributed by atoms with E-state index < -0.39 is 0 Å². The van der Waals surface area contributed by atoms with Crippen LogP contribution in [0.5, 0.6) is 0 Å². The molecule has 0 saturated carbocycles. The monoisotopic (exact) mass is 205 g/mol. The molecule has 0 radical (unpaired) electrons. The number of hydrogen-bond donors (Lipinski definition) is 1. The fraction of sp³-hybridized carbons (Fsp3) is 0.583. The Balaban J connectivity index is 1.98. The molecule has 1 aliphatic heterocycles. The summed E-state index contributed by atoms with van der Waals surface area (Å²) in [5.41, 5.74) is 6.80. The minimum Gasteiger partial charge on any atom is -0.356 e. The van der Waals surface area contributed by atoms with E-state index in [0.29, 0.717) is 0 Å². The van der Waals surface area contributed by atoms with Gasteiger partial charge >= 0.3 is 0 Å². The molecule has 1 unspecified atom stereocenters. The first kappa shape index (κ1) is 10.4. The molecule has 1 aromatic rings. The molecule has 0 spiro atoms. The van der Waals surface area contributed by atoms with Crippen molar-refractivity contribution in [2.75, 3.05) is 24.5 Å². The number of aryl methyl sites for hydroxylation is 1. The van der Waals surface area contributed by atoms with E-state index in [1.165, 1.54) is 12.0 Å². The molecule has 1 fully saturated rings. The van der Waals surface area contributed by atoms with Crippen molar-refractivity contribution < 1.29 is 0 Å². The Bertz CT molecular complexity index is 307. The first-order chi connectivity index (χ1) is 7.29. The van der Waals surface area contributed by atoms with E-state index in [1.54, 1.807) is 0 Å². The number of aromatic nitrogens is 1. The van der Waals surface area contributed by atoms with Gasteiger partial charge in [-0.05, 0) is 43.9 Å². The molecule has 0 aromatic carbocycles. The van der Waals surface area contributed by atoms with Crippen molar-refractivity contribution in [3.05, 3.63) is 23.9 Å². The number of anilines is 1. The van der Waals surface area contributed by atoms with Gasteiger partial charge in [-0.15, -0.1) is 0 Å². The van der Waals surface area contributed by atoms with Crippen molar-refractivity contribution >= 4 is 5.82 Å². The average molecular weight is 205 g/mol. The molecular weight excluding hydrogens is 186 g/mol. The van der Waals surface area contributed by atoms with Crippen LogP contribution in [-0.2, 0) is 0 Å². The smallest absolute Gasteiger partial charge is 0.128 e. The number of nitrogens with two attached hydrogens (primary N) is 1. The highest BCUT2D eigenvalue weighted by Gasteiger charge is 2.22. The van der Waals surface area contributed by atoms with Gasteiger partial charge in [0.15, 0.2) is 0 Å². The van der Waals surface area contributed by atoms with Crippen LogP contribution in [0.2, 0.25) is 0 Å². The highest BCUT2D eigenvalue weighted by atomic mass is 15.2. The molecule has 3 nitrogen and oxygen atoms in total. The van der Waals surface area contributed by atoms with Crippen molar-refractivity contribution in [3.8, 4) is 0 Å². The first-order valence-electron chi connectivity index (χ1n) is 5.67. The van der Waals surface area contributed by atoms with Crippen LogP contribution < -0.4 is 10.6 Å². The van der Waals surface area contributed by atoms with E-state index in [-0.39, 0.29) is 0 Å². The zero-order valence-corrected chi connectivity index (χ0v) is 9.32. The predicted octanol–water partition coefficient (Wildman–Crippen LogP) is 1.57. The summed E-state index contributed by atoms with van der Waals surface area (Å²) in [6, 6.07) is 4.23. The van der Waals surface area contributed by atoms with Crippen molar-refractivity contribution in [2.24, 2.45) is 11.7 Å². The Kier molecular flexibility index (Phi) is 3.21. The van der Waals surface area contributed by atoms with E-state index in [9.17, 15) is 0 Å². The Labute approximate surface area is 91.3 Å². The number of rotatable bonds is 3. The zero-order chi connectivity index (χ0) is 10.7. The van der Waals surface area contributed by atoms with E-state index in [0.717, 1.165) is 37.8 Å². The number of hydrogen-bond acceptors (Lipinski definition) is 3. The fourth-order valence-electron chi connectivity index (χ4n) is 2.16. The number of pyridine rings is 1. The Morgan fingerprint density at radius 1 is 1.53 bits per heavy atom. The molecule has 82 valence electrons. The minimum absolute atomic E-state index is 0.762. The molecule has 1 saturated heterocycles. The van der Waals surface area contributed by atoms with Gasteiger partial charge in [-0.2, -0.15) is 0 Å². The summed E-state index contributed by atoms with van der Waals surface area (Å²) in [6.07, 6.45) is 4.33. The van der Waals surface area contributed by atoms with Gasteiger partial charge in [0, 0.05) is 19.3 Å². The van der Waals surface area contributed by atoms with Crippen LogP contribution in [0.25, 0.3) is 0 Å². The molecule has 0 aliphatic carbocycles. The van der Waals surface area contributed by atoms with Crippen LogP contribution in [0.15, 0.2) is 18.3 Å². The summed E-state index contributed by atoms with van der Waals surface area (Å²) >= 11 is 0. The summed E-state index contributed by atoms with van der Waals surface area (Å²) in [5, 5.41) is 0. The third-order valence-corrected chi connectivity index (χ3v) is 3.08. The molecule has 15 heavy (non-hydrogen) atoms. The lowest BCUT2D eigenvalue weighted by atomic mass is 10.1. The van der Waals surface area contributed by atoms with Crippen molar-refractivity contribution in [3.63, 3.8) is 0 Å². The van der Waals surface area contributed by atoms with Crippen LogP contribution in [0.3, 0.4) is 0 Å². The third kappa shape index (κ3) is 2.48. The Morgan fingerprint density at radius 2 is 2.40 bits per heavy atom. The molecule has 0 bridgehead atoms. The van der Waals surface area contributed by atoms with Crippen LogP contribution in [-0.4, -0.2) is 24.6 Å². The van der Waals surface area contributed by atoms with E-state index >= 15 is 0 Å². The zero-order valence-electron chi connectivity index (χ0n) is 9.32. The van der Waals surface area contributed by atoms with Crippen molar-refractivity contribution in [1.29, 1.82) is 0 Å². The molecule has 3 heteroatoms. The molecule has 2 rings (SSSR count). The maximum Gasteiger partial charge on any atom is 0.128 e. The molecule has 1 atom stereocenters. The lowest BCUT2D eigenvalue weighted by Crippen LogP contribution is -2.21. The van der Waals surface area contributed by atoms with E-state index in [2.05, 4.69) is 28.9 Å². The Morgan fingerprint density at radius 3 is 3.07 bits per heavy atom. The van der Waals surface area contributed by atoms with Crippen LogP contribution in [0.1, 0.15) is 18.4 Å². The highest BCUT2D eigenvalue weighted by molar-refractivity contribution is 5.40. The molecule has 1 aromatic heterocycles. The molecule has 2 heterocycles. The summed E-state index contributed by atoms with van der Waals surface area (Å²) in [4.78, 5) is 6.81. The van der Waals surface area contributed by atoms with E-state index in [1.807, 2.05) is 6.20 Å². The molecule has 0 amide bonds. The predicted molar refractivity (Wildman–Crippen MR) is 63.0 cm³/mol. The van der Waals surface area contributed by atoms with Crippen LogP contribution in [0, 0.1) is 12.8 Å². The van der Waals surface area contributed by atoms with E-state index in [4.69, 9.17) is 5.73 Å². The van der Waals surface area contributed by atoms with Gasteiger partial charge in [0.2, 0.25) is 0 Å².